The SMILES string of the molecule is COc1ccc(C2C(C(=O)c3cc4cc(Br)ccc4o3)=C(O)C(=O)N2c2cccc(C)c2C)cc1. The maximum absolute atomic E-state index is 13.8. The minimum absolute atomic E-state index is 0.0285. The predicted molar refractivity (Wildman–Crippen MR) is 137 cm³/mol. The van der Waals surface area contributed by atoms with E-state index in [0.717, 1.165) is 21.0 Å². The number of ether oxygens (including phenoxy) is 1. The lowest BCUT2D eigenvalue weighted by Crippen LogP contribution is -2.31. The van der Waals surface area contributed by atoms with Crippen LogP contribution in [0.2, 0.25) is 0 Å². The van der Waals surface area contributed by atoms with Crippen LogP contribution in [0.1, 0.15) is 33.3 Å². The van der Waals surface area contributed by atoms with Gasteiger partial charge < -0.3 is 14.3 Å². The molecule has 1 aliphatic heterocycles. The van der Waals surface area contributed by atoms with E-state index in [1.165, 1.54) is 4.90 Å². The van der Waals surface area contributed by atoms with Crippen LogP contribution in [0.15, 0.2) is 87.0 Å². The van der Waals surface area contributed by atoms with Crippen molar-refractivity contribution in [3.05, 3.63) is 105 Å². The second-order valence-electron chi connectivity index (χ2n) is 8.45. The van der Waals surface area contributed by atoms with E-state index in [-0.39, 0.29) is 11.3 Å². The molecule has 5 rings (SSSR count). The van der Waals surface area contributed by atoms with Gasteiger partial charge >= 0.3 is 0 Å². The smallest absolute Gasteiger partial charge is 0.294 e. The van der Waals surface area contributed by atoms with E-state index in [2.05, 4.69) is 15.9 Å². The summed E-state index contributed by atoms with van der Waals surface area (Å²) in [5.41, 5.74) is 3.66. The molecule has 176 valence electrons. The number of benzene rings is 3. The van der Waals surface area contributed by atoms with Crippen molar-refractivity contribution in [2.45, 2.75) is 19.9 Å². The molecule has 1 atom stereocenters. The molecule has 2 heterocycles. The van der Waals surface area contributed by atoms with Gasteiger partial charge in [-0.15, -0.1) is 0 Å². The molecule has 0 bridgehead atoms. The lowest BCUT2D eigenvalue weighted by atomic mass is 9.94. The number of anilines is 1. The fraction of sp³-hybridized carbons (Fsp3) is 0.143. The maximum atomic E-state index is 13.8. The van der Waals surface area contributed by atoms with Crippen molar-refractivity contribution in [1.29, 1.82) is 0 Å². The van der Waals surface area contributed by atoms with Crippen molar-refractivity contribution in [1.82, 2.24) is 0 Å². The van der Waals surface area contributed by atoms with Gasteiger partial charge in [-0.3, -0.25) is 14.5 Å². The van der Waals surface area contributed by atoms with E-state index in [0.29, 0.717) is 22.6 Å². The molecular formula is C28H22BrNO5. The molecule has 0 radical (unpaired) electrons. The molecule has 1 aromatic heterocycles. The van der Waals surface area contributed by atoms with Crippen molar-refractivity contribution in [3.8, 4) is 5.75 Å². The third-order valence-electron chi connectivity index (χ3n) is 6.42. The molecule has 1 amide bonds. The summed E-state index contributed by atoms with van der Waals surface area (Å²) < 4.78 is 11.9. The number of ketones is 1. The molecule has 4 aromatic rings. The molecule has 1 unspecified atom stereocenters. The molecule has 0 saturated heterocycles. The van der Waals surface area contributed by atoms with Gasteiger partial charge in [0, 0.05) is 15.5 Å². The molecule has 0 saturated carbocycles. The molecule has 1 aliphatic rings. The number of rotatable bonds is 5. The van der Waals surface area contributed by atoms with Gasteiger partial charge in [0.15, 0.2) is 11.5 Å². The van der Waals surface area contributed by atoms with Crippen LogP contribution in [0.3, 0.4) is 0 Å². The Hall–Kier alpha value is -3.84. The number of fused-ring (bicyclic) bond motifs is 1. The monoisotopic (exact) mass is 531 g/mol. The summed E-state index contributed by atoms with van der Waals surface area (Å²) in [5, 5.41) is 11.8. The van der Waals surface area contributed by atoms with Crippen LogP contribution in [-0.2, 0) is 4.79 Å². The Morgan fingerprint density at radius 2 is 1.80 bits per heavy atom. The van der Waals surface area contributed by atoms with Crippen molar-refractivity contribution in [3.63, 3.8) is 0 Å². The normalized spacial score (nSPS) is 15.8. The number of Topliss-reactive ketones (excluding diaryl/α,β-unsaturated/α-hetero) is 1. The Morgan fingerprint density at radius 1 is 1.06 bits per heavy atom. The first-order chi connectivity index (χ1) is 16.8. The number of nitrogens with zero attached hydrogens (tertiary/aromatic N) is 1. The number of hydrogen-bond acceptors (Lipinski definition) is 5. The first-order valence-corrected chi connectivity index (χ1v) is 11.8. The van der Waals surface area contributed by atoms with E-state index in [1.54, 1.807) is 43.5 Å². The Labute approximate surface area is 210 Å². The Morgan fingerprint density at radius 3 is 2.51 bits per heavy atom. The molecular weight excluding hydrogens is 510 g/mol. The summed E-state index contributed by atoms with van der Waals surface area (Å²) in [4.78, 5) is 28.7. The minimum Gasteiger partial charge on any atom is -0.503 e. The van der Waals surface area contributed by atoms with Crippen molar-refractivity contribution in [2.75, 3.05) is 12.0 Å². The van der Waals surface area contributed by atoms with Crippen molar-refractivity contribution in [2.24, 2.45) is 0 Å². The molecule has 0 fully saturated rings. The first-order valence-electron chi connectivity index (χ1n) is 11.0. The molecule has 35 heavy (non-hydrogen) atoms. The van der Waals surface area contributed by atoms with Gasteiger partial charge in [0.1, 0.15) is 11.3 Å². The number of amides is 1. The number of aliphatic hydroxyl groups excluding tert-OH is 1. The summed E-state index contributed by atoms with van der Waals surface area (Å²) in [6.07, 6.45) is 0. The zero-order chi connectivity index (χ0) is 24.9. The van der Waals surface area contributed by atoms with Gasteiger partial charge in [-0.1, -0.05) is 40.2 Å². The lowest BCUT2D eigenvalue weighted by molar-refractivity contribution is -0.117. The first kappa shape index (κ1) is 22.9. The highest BCUT2D eigenvalue weighted by Crippen LogP contribution is 2.44. The third-order valence-corrected chi connectivity index (χ3v) is 6.92. The fourth-order valence-electron chi connectivity index (χ4n) is 4.44. The number of hydrogen-bond donors (Lipinski definition) is 1. The number of furan rings is 1. The quantitative estimate of drug-likeness (QED) is 0.293. The highest BCUT2D eigenvalue weighted by Gasteiger charge is 2.45. The van der Waals surface area contributed by atoms with Crippen LogP contribution in [0.25, 0.3) is 11.0 Å². The van der Waals surface area contributed by atoms with E-state index in [9.17, 15) is 14.7 Å². The molecule has 6 nitrogen and oxygen atoms in total. The summed E-state index contributed by atoms with van der Waals surface area (Å²) in [6, 6.07) is 18.9. The zero-order valence-electron chi connectivity index (χ0n) is 19.3. The molecule has 3 aromatic carbocycles. The van der Waals surface area contributed by atoms with Crippen LogP contribution in [0, 0.1) is 13.8 Å². The zero-order valence-corrected chi connectivity index (χ0v) is 20.9. The Kier molecular flexibility index (Phi) is 5.73. The average molecular weight is 532 g/mol. The van der Waals surface area contributed by atoms with Crippen LogP contribution in [-0.4, -0.2) is 23.9 Å². The summed E-state index contributed by atoms with van der Waals surface area (Å²) in [7, 11) is 1.57. The predicted octanol–water partition coefficient (Wildman–Crippen LogP) is 6.60. The van der Waals surface area contributed by atoms with Crippen LogP contribution in [0.5, 0.6) is 5.75 Å². The standard InChI is InChI=1S/C28H22BrNO5/c1-15-5-4-6-21(16(15)2)30-25(17-7-10-20(34-3)11-8-17)24(27(32)28(30)33)26(31)23-14-18-13-19(29)9-12-22(18)35-23/h4-14,25,32H,1-3H3. The van der Waals surface area contributed by atoms with E-state index in [4.69, 9.17) is 9.15 Å². The second kappa shape index (κ2) is 8.74. The molecule has 7 heteroatoms. The van der Waals surface area contributed by atoms with Crippen molar-refractivity contribution >= 4 is 44.3 Å². The summed E-state index contributed by atoms with van der Waals surface area (Å²) >= 11 is 3.42. The number of aliphatic hydroxyl groups is 1. The third kappa shape index (κ3) is 3.82. The number of methoxy groups -OCH3 is 1. The van der Waals surface area contributed by atoms with Crippen LogP contribution < -0.4 is 9.64 Å². The topological polar surface area (TPSA) is 80.0 Å². The van der Waals surface area contributed by atoms with E-state index < -0.39 is 23.5 Å². The highest BCUT2D eigenvalue weighted by atomic mass is 79.9. The Balaban J connectivity index is 1.68. The lowest BCUT2D eigenvalue weighted by Gasteiger charge is -2.28. The number of halogens is 1. The largest absolute Gasteiger partial charge is 0.503 e. The molecule has 0 aliphatic carbocycles. The van der Waals surface area contributed by atoms with Gasteiger partial charge in [0.05, 0.1) is 18.7 Å². The number of carbonyl (C=O) groups is 2. The second-order valence-corrected chi connectivity index (χ2v) is 9.37. The molecule has 1 N–H and O–H groups in total. The summed E-state index contributed by atoms with van der Waals surface area (Å²) in [6.45, 7) is 3.87. The van der Waals surface area contributed by atoms with Gasteiger partial charge in [-0.05, 0) is 73.0 Å². The average Bonchev–Trinajstić information content (AvgIpc) is 3.39. The van der Waals surface area contributed by atoms with Gasteiger partial charge in [0.2, 0.25) is 5.78 Å². The maximum Gasteiger partial charge on any atom is 0.294 e. The number of carbonyl (C=O) groups excluding carboxylic acids is 2. The van der Waals surface area contributed by atoms with E-state index >= 15 is 0 Å². The molecule has 0 spiro atoms. The van der Waals surface area contributed by atoms with Gasteiger partial charge in [0.25, 0.3) is 5.91 Å². The number of aryl methyl sites for hydroxylation is 1. The van der Waals surface area contributed by atoms with Gasteiger partial charge in [-0.2, -0.15) is 0 Å². The fourth-order valence-corrected chi connectivity index (χ4v) is 4.82. The minimum atomic E-state index is -0.846. The van der Waals surface area contributed by atoms with Crippen molar-refractivity contribution < 1.29 is 23.8 Å². The van der Waals surface area contributed by atoms with Crippen LogP contribution >= 0.6 is 15.9 Å². The highest BCUT2D eigenvalue weighted by molar-refractivity contribution is 9.10. The Bertz CT molecular complexity index is 1520. The van der Waals surface area contributed by atoms with Gasteiger partial charge in [-0.25, -0.2) is 0 Å². The van der Waals surface area contributed by atoms with E-state index in [1.807, 2.05) is 44.2 Å². The van der Waals surface area contributed by atoms with Crippen LogP contribution in [0.4, 0.5) is 5.69 Å². The summed E-state index contributed by atoms with van der Waals surface area (Å²) in [5.74, 6) is -1.08.